The van der Waals surface area contributed by atoms with Crippen LogP contribution in [-0.4, -0.2) is 31.8 Å². The van der Waals surface area contributed by atoms with Crippen molar-refractivity contribution in [3.63, 3.8) is 0 Å². The van der Waals surface area contributed by atoms with E-state index >= 15 is 0 Å². The zero-order chi connectivity index (χ0) is 18.7. The third-order valence-corrected chi connectivity index (χ3v) is 4.94. The number of thiophene rings is 1. The fraction of sp³-hybridized carbons (Fsp3) is 0.235. The Hall–Kier alpha value is -2.65. The summed E-state index contributed by atoms with van der Waals surface area (Å²) in [6.07, 6.45) is 2.64. The summed E-state index contributed by atoms with van der Waals surface area (Å²) in [5, 5.41) is 19.6. The van der Waals surface area contributed by atoms with Crippen molar-refractivity contribution in [2.75, 3.05) is 0 Å². The highest BCUT2D eigenvalue weighted by Gasteiger charge is 2.40. The Morgan fingerprint density at radius 2 is 2.23 bits per heavy atom. The Kier molecular flexibility index (Phi) is 5.10. The van der Waals surface area contributed by atoms with Crippen molar-refractivity contribution < 1.29 is 18.7 Å². The molecule has 6 nitrogen and oxygen atoms in total. The van der Waals surface area contributed by atoms with Crippen LogP contribution in [0, 0.1) is 11.6 Å². The maximum atomic E-state index is 14.4. The number of nitrogens with one attached hydrogen (secondary N) is 1. The van der Waals surface area contributed by atoms with Gasteiger partial charge in [0.1, 0.15) is 29.9 Å². The van der Waals surface area contributed by atoms with Gasteiger partial charge in [0, 0.05) is 11.6 Å². The predicted molar refractivity (Wildman–Crippen MR) is 91.5 cm³/mol. The largest absolute Gasteiger partial charge is 0.381 e. The van der Waals surface area contributed by atoms with Crippen molar-refractivity contribution in [2.45, 2.75) is 25.1 Å². The van der Waals surface area contributed by atoms with E-state index < -0.39 is 29.2 Å². The lowest BCUT2D eigenvalue weighted by molar-refractivity contribution is -0.0185. The number of nitrogens with zero attached hydrogens (tertiary/aromatic N) is 3. The van der Waals surface area contributed by atoms with Gasteiger partial charge in [-0.15, -0.1) is 11.3 Å². The van der Waals surface area contributed by atoms with Crippen LogP contribution in [0.4, 0.5) is 8.78 Å². The number of benzene rings is 1. The molecule has 3 aromatic rings. The molecule has 0 aliphatic carbocycles. The second kappa shape index (κ2) is 7.30. The number of hydrogen-bond acceptors (Lipinski definition) is 5. The Morgan fingerprint density at radius 3 is 2.85 bits per heavy atom. The maximum Gasteiger partial charge on any atom is 0.261 e. The van der Waals surface area contributed by atoms with Gasteiger partial charge in [0.25, 0.3) is 5.91 Å². The number of rotatable bonds is 6. The molecule has 0 saturated heterocycles. The van der Waals surface area contributed by atoms with Crippen molar-refractivity contribution in [2.24, 2.45) is 0 Å². The lowest BCUT2D eigenvalue weighted by atomic mass is 9.86. The van der Waals surface area contributed by atoms with E-state index in [0.29, 0.717) is 10.9 Å². The number of aromatic nitrogens is 3. The highest BCUT2D eigenvalue weighted by molar-refractivity contribution is 7.12. The molecule has 0 aliphatic rings. The average molecular weight is 378 g/mol. The van der Waals surface area contributed by atoms with Crippen molar-refractivity contribution in [3.8, 4) is 0 Å². The molecule has 2 aromatic heterocycles. The standard InChI is InChI=1S/C17H16F2N4O2S/c1-11(22-16(24)15-3-2-6-26-15)17(25,8-23-10-20-9-21-23)13-5-4-12(18)7-14(13)19/h2-7,9-11,25H,8H2,1H3,(H,22,24)/t11-,17-/m1/s1. The van der Waals surface area contributed by atoms with Gasteiger partial charge in [-0.1, -0.05) is 12.1 Å². The Bertz CT molecular complexity index is 886. The van der Waals surface area contributed by atoms with Gasteiger partial charge in [-0.3, -0.25) is 4.79 Å². The van der Waals surface area contributed by atoms with E-state index in [1.54, 1.807) is 24.4 Å². The first-order valence-electron chi connectivity index (χ1n) is 7.75. The molecule has 3 rings (SSSR count). The summed E-state index contributed by atoms with van der Waals surface area (Å²) in [6.45, 7) is 1.37. The Morgan fingerprint density at radius 1 is 1.42 bits per heavy atom. The van der Waals surface area contributed by atoms with Crippen LogP contribution >= 0.6 is 11.3 Å². The third kappa shape index (κ3) is 3.63. The first-order chi connectivity index (χ1) is 12.4. The van der Waals surface area contributed by atoms with Crippen LogP contribution < -0.4 is 5.32 Å². The number of carbonyl (C=O) groups is 1. The van der Waals surface area contributed by atoms with E-state index in [0.717, 1.165) is 12.1 Å². The second-order valence-corrected chi connectivity index (χ2v) is 6.76. The monoisotopic (exact) mass is 378 g/mol. The van der Waals surface area contributed by atoms with Gasteiger partial charge in [0.2, 0.25) is 0 Å². The smallest absolute Gasteiger partial charge is 0.261 e. The lowest BCUT2D eigenvalue weighted by Crippen LogP contribution is -2.51. The van der Waals surface area contributed by atoms with Crippen LogP contribution in [0.15, 0.2) is 48.4 Å². The van der Waals surface area contributed by atoms with E-state index in [9.17, 15) is 18.7 Å². The van der Waals surface area contributed by atoms with E-state index in [4.69, 9.17) is 0 Å². The minimum atomic E-state index is -1.88. The van der Waals surface area contributed by atoms with Crippen LogP contribution in [0.3, 0.4) is 0 Å². The molecule has 136 valence electrons. The molecule has 0 fully saturated rings. The fourth-order valence-electron chi connectivity index (χ4n) is 2.65. The summed E-state index contributed by atoms with van der Waals surface area (Å²) in [7, 11) is 0. The predicted octanol–water partition coefficient (Wildman–Crippen LogP) is 2.32. The fourth-order valence-corrected chi connectivity index (χ4v) is 3.28. The third-order valence-electron chi connectivity index (χ3n) is 4.08. The van der Waals surface area contributed by atoms with Gasteiger partial charge in [-0.05, 0) is 24.4 Å². The van der Waals surface area contributed by atoms with Crippen LogP contribution in [0.25, 0.3) is 0 Å². The average Bonchev–Trinajstić information content (AvgIpc) is 3.28. The molecule has 9 heteroatoms. The summed E-state index contributed by atoms with van der Waals surface area (Å²) in [4.78, 5) is 16.6. The molecule has 2 heterocycles. The topological polar surface area (TPSA) is 80.0 Å². The molecule has 0 spiro atoms. The van der Waals surface area contributed by atoms with Crippen molar-refractivity contribution >= 4 is 17.2 Å². The number of halogens is 2. The molecular weight excluding hydrogens is 362 g/mol. The van der Waals surface area contributed by atoms with Gasteiger partial charge in [-0.2, -0.15) is 5.10 Å². The first kappa shape index (κ1) is 18.2. The van der Waals surface area contributed by atoms with Crippen molar-refractivity contribution in [1.29, 1.82) is 0 Å². The molecule has 2 atom stereocenters. The molecule has 1 aromatic carbocycles. The highest BCUT2D eigenvalue weighted by Crippen LogP contribution is 2.30. The highest BCUT2D eigenvalue weighted by atomic mass is 32.1. The summed E-state index contributed by atoms with van der Waals surface area (Å²) >= 11 is 1.25. The van der Waals surface area contributed by atoms with Crippen LogP contribution in [0.5, 0.6) is 0 Å². The number of amides is 1. The molecule has 0 bridgehead atoms. The quantitative estimate of drug-likeness (QED) is 0.690. The SMILES string of the molecule is C[C@@H](NC(=O)c1cccs1)[C@](O)(Cn1cncn1)c1ccc(F)cc1F. The molecule has 0 radical (unpaired) electrons. The molecule has 26 heavy (non-hydrogen) atoms. The summed E-state index contributed by atoms with van der Waals surface area (Å²) < 4.78 is 29.0. The Labute approximate surface area is 152 Å². The first-order valence-corrected chi connectivity index (χ1v) is 8.63. The minimum Gasteiger partial charge on any atom is -0.381 e. The maximum absolute atomic E-state index is 14.4. The van der Waals surface area contributed by atoms with Gasteiger partial charge in [0.15, 0.2) is 0 Å². The molecule has 1 amide bonds. The van der Waals surface area contributed by atoms with Crippen LogP contribution in [0.1, 0.15) is 22.2 Å². The van der Waals surface area contributed by atoms with E-state index in [1.165, 1.54) is 28.7 Å². The zero-order valence-electron chi connectivity index (χ0n) is 13.8. The van der Waals surface area contributed by atoms with E-state index in [1.807, 2.05) is 0 Å². The second-order valence-electron chi connectivity index (χ2n) is 5.81. The molecular formula is C17H16F2N4O2S. The van der Waals surface area contributed by atoms with E-state index in [2.05, 4.69) is 15.4 Å². The molecule has 2 N–H and O–H groups in total. The normalized spacial score (nSPS) is 14.6. The van der Waals surface area contributed by atoms with Gasteiger partial charge < -0.3 is 10.4 Å². The number of carbonyl (C=O) groups excluding carboxylic acids is 1. The summed E-state index contributed by atoms with van der Waals surface area (Å²) in [5.74, 6) is -2.07. The summed E-state index contributed by atoms with van der Waals surface area (Å²) in [6, 6.07) is 5.37. The minimum absolute atomic E-state index is 0.145. The van der Waals surface area contributed by atoms with Crippen LogP contribution in [-0.2, 0) is 12.1 Å². The van der Waals surface area contributed by atoms with Crippen molar-refractivity contribution in [3.05, 3.63) is 70.4 Å². The van der Waals surface area contributed by atoms with Gasteiger partial charge >= 0.3 is 0 Å². The number of hydrogen-bond donors (Lipinski definition) is 2. The lowest BCUT2D eigenvalue weighted by Gasteiger charge is -2.35. The summed E-state index contributed by atoms with van der Waals surface area (Å²) in [5.41, 5.74) is -2.02. The molecule has 0 aliphatic heterocycles. The van der Waals surface area contributed by atoms with Gasteiger partial charge in [-0.25, -0.2) is 18.4 Å². The van der Waals surface area contributed by atoms with E-state index in [-0.39, 0.29) is 12.1 Å². The van der Waals surface area contributed by atoms with Gasteiger partial charge in [0.05, 0.1) is 17.5 Å². The molecule has 0 unspecified atom stereocenters. The number of aliphatic hydroxyl groups is 1. The van der Waals surface area contributed by atoms with Crippen molar-refractivity contribution in [1.82, 2.24) is 20.1 Å². The van der Waals surface area contributed by atoms with Crippen LogP contribution in [0.2, 0.25) is 0 Å². The Balaban J connectivity index is 1.95. The zero-order valence-corrected chi connectivity index (χ0v) is 14.6. The molecule has 0 saturated carbocycles.